The van der Waals surface area contributed by atoms with Gasteiger partial charge in [0, 0.05) is 23.3 Å². The highest BCUT2D eigenvalue weighted by molar-refractivity contribution is 7.09. The normalized spacial score (nSPS) is 12.3. The van der Waals surface area contributed by atoms with Crippen molar-refractivity contribution < 1.29 is 4.79 Å². The number of halogens is 1. The van der Waals surface area contributed by atoms with Gasteiger partial charge < -0.3 is 11.1 Å². The molecule has 1 atom stereocenters. The molecule has 0 aliphatic rings. The van der Waals surface area contributed by atoms with Gasteiger partial charge in [0.2, 0.25) is 0 Å². The van der Waals surface area contributed by atoms with Gasteiger partial charge in [0.15, 0.2) is 0 Å². The molecule has 0 saturated carbocycles. The van der Waals surface area contributed by atoms with Crippen molar-refractivity contribution in [3.05, 3.63) is 52.0 Å². The minimum atomic E-state index is -0.151. The summed E-state index contributed by atoms with van der Waals surface area (Å²) in [6.07, 6.45) is 1.57. The molecule has 4 nitrogen and oxygen atoms in total. The summed E-state index contributed by atoms with van der Waals surface area (Å²) in [5.74, 6) is -0.111. The van der Waals surface area contributed by atoms with Crippen LogP contribution in [0.4, 0.5) is 0 Å². The van der Waals surface area contributed by atoms with Gasteiger partial charge in [-0.25, -0.2) is 4.98 Å². The van der Waals surface area contributed by atoms with Crippen molar-refractivity contribution in [1.29, 1.82) is 0 Å². The average Bonchev–Trinajstić information content (AvgIpc) is 3.02. The summed E-state index contributed by atoms with van der Waals surface area (Å²) < 4.78 is 0. The van der Waals surface area contributed by atoms with Gasteiger partial charge in [0.05, 0.1) is 5.01 Å². The zero-order valence-electron chi connectivity index (χ0n) is 14.4. The Labute approximate surface area is 154 Å². The fraction of sp³-hybridized carbons (Fsp3) is 0.444. The Kier molecular flexibility index (Phi) is 7.87. The summed E-state index contributed by atoms with van der Waals surface area (Å²) in [4.78, 5) is 16.9. The number of benzene rings is 1. The third-order valence-corrected chi connectivity index (χ3v) is 5.15. The maximum Gasteiger partial charge on any atom is 0.271 e. The lowest BCUT2D eigenvalue weighted by atomic mass is 9.76. The SMILES string of the molecule is CCC(NC(=O)c1csc(CCN)n1)C(C)(C)c1ccccc1.Cl. The molecule has 1 aromatic carbocycles. The Morgan fingerprint density at radius 1 is 1.33 bits per heavy atom. The number of aromatic nitrogens is 1. The van der Waals surface area contributed by atoms with E-state index >= 15 is 0 Å². The zero-order chi connectivity index (χ0) is 16.9. The van der Waals surface area contributed by atoms with Crippen molar-refractivity contribution in [3.63, 3.8) is 0 Å². The lowest BCUT2D eigenvalue weighted by Gasteiger charge is -2.35. The number of hydrogen-bond acceptors (Lipinski definition) is 4. The first-order valence-electron chi connectivity index (χ1n) is 8.00. The molecular formula is C18H26ClN3OS. The number of thiazole rings is 1. The highest BCUT2D eigenvalue weighted by Gasteiger charge is 2.31. The van der Waals surface area contributed by atoms with E-state index in [0.717, 1.165) is 11.4 Å². The van der Waals surface area contributed by atoms with Crippen LogP contribution in [0.2, 0.25) is 0 Å². The van der Waals surface area contributed by atoms with Gasteiger partial charge in [-0.05, 0) is 18.5 Å². The first-order valence-corrected chi connectivity index (χ1v) is 8.87. The molecule has 1 heterocycles. The Balaban J connectivity index is 0.00000288. The van der Waals surface area contributed by atoms with Gasteiger partial charge in [-0.3, -0.25) is 4.79 Å². The summed E-state index contributed by atoms with van der Waals surface area (Å²) in [7, 11) is 0. The van der Waals surface area contributed by atoms with E-state index in [1.165, 1.54) is 16.9 Å². The minimum Gasteiger partial charge on any atom is -0.347 e. The lowest BCUT2D eigenvalue weighted by molar-refractivity contribution is 0.0912. The maximum absolute atomic E-state index is 12.5. The van der Waals surface area contributed by atoms with Crippen LogP contribution in [0.1, 0.15) is 48.3 Å². The van der Waals surface area contributed by atoms with E-state index in [0.29, 0.717) is 18.7 Å². The number of carbonyl (C=O) groups is 1. The number of nitrogens with one attached hydrogen (secondary N) is 1. The Hall–Kier alpha value is -1.43. The number of carbonyl (C=O) groups excluding carboxylic acids is 1. The second-order valence-electron chi connectivity index (χ2n) is 6.19. The standard InChI is InChI=1S/C18H25N3OS.ClH/c1-4-15(18(2,3)13-8-6-5-7-9-13)21-17(22)14-12-23-16(20-14)10-11-19;/h5-9,12,15H,4,10-11,19H2,1-3H3,(H,21,22);1H. The number of hydrogen-bond donors (Lipinski definition) is 2. The monoisotopic (exact) mass is 367 g/mol. The summed E-state index contributed by atoms with van der Waals surface area (Å²) >= 11 is 1.49. The van der Waals surface area contributed by atoms with Gasteiger partial charge in [-0.1, -0.05) is 51.1 Å². The smallest absolute Gasteiger partial charge is 0.271 e. The molecule has 0 aliphatic carbocycles. The van der Waals surface area contributed by atoms with E-state index in [1.54, 1.807) is 0 Å². The number of nitrogens with two attached hydrogens (primary N) is 1. The number of rotatable bonds is 7. The third kappa shape index (κ3) is 4.79. The molecular weight excluding hydrogens is 342 g/mol. The van der Waals surface area contributed by atoms with Gasteiger partial charge in [0.1, 0.15) is 5.69 Å². The summed E-state index contributed by atoms with van der Waals surface area (Å²) in [6, 6.07) is 10.3. The van der Waals surface area contributed by atoms with Gasteiger partial charge in [-0.2, -0.15) is 0 Å². The van der Waals surface area contributed by atoms with E-state index in [2.05, 4.69) is 43.2 Å². The van der Waals surface area contributed by atoms with E-state index in [4.69, 9.17) is 5.73 Å². The quantitative estimate of drug-likeness (QED) is 0.786. The first kappa shape index (κ1) is 20.6. The van der Waals surface area contributed by atoms with Crippen LogP contribution in [0.5, 0.6) is 0 Å². The molecule has 1 unspecified atom stereocenters. The highest BCUT2D eigenvalue weighted by atomic mass is 35.5. The predicted octanol–water partition coefficient (Wildman–Crippen LogP) is 3.55. The summed E-state index contributed by atoms with van der Waals surface area (Å²) in [5.41, 5.74) is 7.09. The topological polar surface area (TPSA) is 68.0 Å². The maximum atomic E-state index is 12.5. The molecule has 0 aliphatic heterocycles. The van der Waals surface area contributed by atoms with Crippen LogP contribution in [0.3, 0.4) is 0 Å². The Bertz CT molecular complexity index is 643. The summed E-state index contributed by atoms with van der Waals surface area (Å²) in [6.45, 7) is 6.97. The highest BCUT2D eigenvalue weighted by Crippen LogP contribution is 2.29. The van der Waals surface area contributed by atoms with Crippen LogP contribution < -0.4 is 11.1 Å². The van der Waals surface area contributed by atoms with Gasteiger partial charge in [-0.15, -0.1) is 23.7 Å². The van der Waals surface area contributed by atoms with Crippen molar-refractivity contribution in [1.82, 2.24) is 10.3 Å². The molecule has 24 heavy (non-hydrogen) atoms. The molecule has 0 saturated heterocycles. The van der Waals surface area contributed by atoms with Crippen LogP contribution in [0.25, 0.3) is 0 Å². The first-order chi connectivity index (χ1) is 11.0. The molecule has 3 N–H and O–H groups in total. The predicted molar refractivity (Wildman–Crippen MR) is 103 cm³/mol. The molecule has 2 aromatic rings. The fourth-order valence-electron chi connectivity index (χ4n) is 2.75. The van der Waals surface area contributed by atoms with Crippen molar-refractivity contribution in [2.24, 2.45) is 5.73 Å². The van der Waals surface area contributed by atoms with Gasteiger partial charge >= 0.3 is 0 Å². The molecule has 2 rings (SSSR count). The van der Waals surface area contributed by atoms with Crippen LogP contribution in [0, 0.1) is 0 Å². The van der Waals surface area contributed by atoms with Gasteiger partial charge in [0.25, 0.3) is 5.91 Å². The van der Waals surface area contributed by atoms with E-state index in [1.807, 2.05) is 23.6 Å². The third-order valence-electron chi connectivity index (χ3n) is 4.25. The van der Waals surface area contributed by atoms with Crippen molar-refractivity contribution in [3.8, 4) is 0 Å². The molecule has 0 radical (unpaired) electrons. The number of amides is 1. The van der Waals surface area contributed by atoms with E-state index < -0.39 is 0 Å². The molecule has 0 fully saturated rings. The minimum absolute atomic E-state index is 0. The Morgan fingerprint density at radius 2 is 2.00 bits per heavy atom. The van der Waals surface area contributed by atoms with Crippen LogP contribution in [-0.4, -0.2) is 23.5 Å². The van der Waals surface area contributed by atoms with Crippen molar-refractivity contribution >= 4 is 29.7 Å². The molecule has 0 spiro atoms. The second kappa shape index (κ2) is 9.16. The number of nitrogens with zero attached hydrogens (tertiary/aromatic N) is 1. The fourth-order valence-corrected chi connectivity index (χ4v) is 3.54. The summed E-state index contributed by atoms with van der Waals surface area (Å²) in [5, 5.41) is 5.87. The van der Waals surface area contributed by atoms with E-state index in [-0.39, 0.29) is 29.8 Å². The lowest BCUT2D eigenvalue weighted by Crippen LogP contribution is -2.47. The molecule has 132 valence electrons. The molecule has 0 bridgehead atoms. The van der Waals surface area contributed by atoms with Crippen LogP contribution in [-0.2, 0) is 11.8 Å². The van der Waals surface area contributed by atoms with E-state index in [9.17, 15) is 4.79 Å². The van der Waals surface area contributed by atoms with Crippen molar-refractivity contribution in [2.75, 3.05) is 6.54 Å². The molecule has 1 aromatic heterocycles. The average molecular weight is 368 g/mol. The van der Waals surface area contributed by atoms with Crippen LogP contribution >= 0.6 is 23.7 Å². The zero-order valence-corrected chi connectivity index (χ0v) is 16.0. The second-order valence-corrected chi connectivity index (χ2v) is 7.13. The Morgan fingerprint density at radius 3 is 2.58 bits per heavy atom. The van der Waals surface area contributed by atoms with Crippen LogP contribution in [0.15, 0.2) is 35.7 Å². The molecule has 1 amide bonds. The molecule has 6 heteroatoms. The van der Waals surface area contributed by atoms with Crippen molar-refractivity contribution in [2.45, 2.75) is 45.1 Å². The largest absolute Gasteiger partial charge is 0.347 e.